The lowest BCUT2D eigenvalue weighted by molar-refractivity contribution is -0.133. The van der Waals surface area contributed by atoms with E-state index in [0.29, 0.717) is 25.0 Å². The van der Waals surface area contributed by atoms with Crippen LogP contribution in [0.25, 0.3) is 0 Å². The van der Waals surface area contributed by atoms with Crippen molar-refractivity contribution in [2.75, 3.05) is 33.4 Å². The maximum atomic E-state index is 12.4. The predicted octanol–water partition coefficient (Wildman–Crippen LogP) is 2.06. The average molecular weight is 294 g/mol. The molecule has 0 unspecified atom stereocenters. The van der Waals surface area contributed by atoms with E-state index in [1.165, 1.54) is 6.42 Å². The van der Waals surface area contributed by atoms with E-state index in [0.717, 1.165) is 18.8 Å². The number of carbonyl (C=O) groups is 1. The van der Waals surface area contributed by atoms with E-state index in [2.05, 4.69) is 19.2 Å². The van der Waals surface area contributed by atoms with Crippen LogP contribution in [0.3, 0.4) is 0 Å². The number of nitrogens with zero attached hydrogens (tertiary/aromatic N) is 1. The maximum Gasteiger partial charge on any atom is 0.236 e. The fourth-order valence-corrected chi connectivity index (χ4v) is 3.09. The average Bonchev–Trinajstić information content (AvgIpc) is 2.96. The Hall–Kier alpha value is -1.33. The van der Waals surface area contributed by atoms with Crippen LogP contribution in [0, 0.1) is 11.8 Å². The second-order valence-electron chi connectivity index (χ2n) is 6.15. The summed E-state index contributed by atoms with van der Waals surface area (Å²) >= 11 is 0. The number of likely N-dealkylation sites (tertiary alicyclic amines) is 1. The number of amides is 1. The molecule has 5 heteroatoms. The molecule has 1 aromatic heterocycles. The fraction of sp³-hybridized carbons (Fsp3) is 0.688. The molecule has 5 nitrogen and oxygen atoms in total. The first kappa shape index (κ1) is 16.0. The number of furan rings is 1. The highest BCUT2D eigenvalue weighted by Crippen LogP contribution is 2.21. The molecular weight excluding hydrogens is 268 g/mol. The second-order valence-corrected chi connectivity index (χ2v) is 6.15. The van der Waals surface area contributed by atoms with Crippen LogP contribution in [0.4, 0.5) is 0 Å². The lowest BCUT2D eigenvalue weighted by Gasteiger charge is -2.35. The van der Waals surface area contributed by atoms with Gasteiger partial charge in [0.15, 0.2) is 0 Å². The summed E-state index contributed by atoms with van der Waals surface area (Å²) < 4.78 is 10.6. The third kappa shape index (κ3) is 4.58. The van der Waals surface area contributed by atoms with Crippen LogP contribution in [-0.2, 0) is 9.53 Å². The number of rotatable bonds is 6. The van der Waals surface area contributed by atoms with E-state index in [1.807, 2.05) is 17.0 Å². The molecule has 0 bridgehead atoms. The van der Waals surface area contributed by atoms with E-state index in [4.69, 9.17) is 9.15 Å². The topological polar surface area (TPSA) is 54.7 Å². The monoisotopic (exact) mass is 294 g/mol. The molecule has 2 rings (SSSR count). The fourth-order valence-electron chi connectivity index (χ4n) is 3.09. The molecule has 0 saturated carbocycles. The zero-order valence-electron chi connectivity index (χ0n) is 13.2. The van der Waals surface area contributed by atoms with Gasteiger partial charge in [0, 0.05) is 20.2 Å². The second kappa shape index (κ2) is 7.61. The largest absolute Gasteiger partial charge is 0.468 e. The Morgan fingerprint density at radius 2 is 2.19 bits per heavy atom. The van der Waals surface area contributed by atoms with Crippen molar-refractivity contribution < 1.29 is 13.9 Å². The third-order valence-electron chi connectivity index (χ3n) is 3.94. The number of ether oxygens (including phenoxy) is 1. The maximum absolute atomic E-state index is 12.4. The Labute approximate surface area is 126 Å². The minimum absolute atomic E-state index is 0.0893. The van der Waals surface area contributed by atoms with Crippen LogP contribution in [0.5, 0.6) is 0 Å². The first-order valence-electron chi connectivity index (χ1n) is 7.63. The lowest BCUT2D eigenvalue weighted by Crippen LogP contribution is -2.46. The number of nitrogens with one attached hydrogen (secondary N) is 1. The van der Waals surface area contributed by atoms with Crippen LogP contribution in [-0.4, -0.2) is 44.2 Å². The van der Waals surface area contributed by atoms with E-state index in [-0.39, 0.29) is 11.9 Å². The van der Waals surface area contributed by atoms with Crippen LogP contribution in [0.2, 0.25) is 0 Å². The van der Waals surface area contributed by atoms with E-state index < -0.39 is 0 Å². The molecule has 1 N–H and O–H groups in total. The summed E-state index contributed by atoms with van der Waals surface area (Å²) in [5.41, 5.74) is 0. The predicted molar refractivity (Wildman–Crippen MR) is 80.9 cm³/mol. The van der Waals surface area contributed by atoms with Crippen molar-refractivity contribution >= 4 is 5.91 Å². The van der Waals surface area contributed by atoms with Crippen molar-refractivity contribution in [3.05, 3.63) is 24.2 Å². The molecule has 21 heavy (non-hydrogen) atoms. The van der Waals surface area contributed by atoms with E-state index >= 15 is 0 Å². The Morgan fingerprint density at radius 3 is 2.76 bits per heavy atom. The highest BCUT2D eigenvalue weighted by atomic mass is 16.5. The number of carbonyl (C=O) groups excluding carboxylic acids is 1. The van der Waals surface area contributed by atoms with Gasteiger partial charge in [-0.15, -0.1) is 0 Å². The van der Waals surface area contributed by atoms with Crippen molar-refractivity contribution in [1.82, 2.24) is 10.2 Å². The number of piperidine rings is 1. The van der Waals surface area contributed by atoms with Crippen LogP contribution in [0.15, 0.2) is 22.8 Å². The van der Waals surface area contributed by atoms with Crippen LogP contribution in [0.1, 0.15) is 32.1 Å². The summed E-state index contributed by atoms with van der Waals surface area (Å²) in [7, 11) is 1.65. The summed E-state index contributed by atoms with van der Waals surface area (Å²) in [6, 6.07) is 3.65. The molecule has 1 aliphatic heterocycles. The summed E-state index contributed by atoms with van der Waals surface area (Å²) in [4.78, 5) is 14.3. The molecule has 1 aromatic rings. The summed E-state index contributed by atoms with van der Waals surface area (Å²) in [5, 5.41) is 3.24. The zero-order chi connectivity index (χ0) is 15.2. The van der Waals surface area contributed by atoms with Gasteiger partial charge < -0.3 is 14.1 Å². The van der Waals surface area contributed by atoms with Gasteiger partial charge in [0.2, 0.25) is 5.91 Å². The third-order valence-corrected chi connectivity index (χ3v) is 3.94. The molecule has 0 spiro atoms. The van der Waals surface area contributed by atoms with Gasteiger partial charge in [0.1, 0.15) is 5.76 Å². The molecule has 0 aliphatic carbocycles. The Morgan fingerprint density at radius 1 is 1.48 bits per heavy atom. The van der Waals surface area contributed by atoms with Crippen molar-refractivity contribution in [2.24, 2.45) is 11.8 Å². The van der Waals surface area contributed by atoms with E-state index in [9.17, 15) is 4.79 Å². The minimum Gasteiger partial charge on any atom is -0.468 e. The molecule has 0 radical (unpaired) electrons. The molecule has 1 amide bonds. The minimum atomic E-state index is -0.0893. The smallest absolute Gasteiger partial charge is 0.236 e. The zero-order valence-corrected chi connectivity index (χ0v) is 13.2. The summed E-state index contributed by atoms with van der Waals surface area (Å²) in [5.74, 6) is 2.11. The molecule has 1 saturated heterocycles. The Balaban J connectivity index is 1.87. The van der Waals surface area contributed by atoms with Gasteiger partial charge in [-0.25, -0.2) is 0 Å². The molecule has 3 atom stereocenters. The highest BCUT2D eigenvalue weighted by Gasteiger charge is 2.26. The van der Waals surface area contributed by atoms with Crippen molar-refractivity contribution in [1.29, 1.82) is 0 Å². The van der Waals surface area contributed by atoms with E-state index in [1.54, 1.807) is 13.4 Å². The van der Waals surface area contributed by atoms with Crippen LogP contribution >= 0.6 is 0 Å². The normalized spacial score (nSPS) is 24.0. The van der Waals surface area contributed by atoms with Gasteiger partial charge in [-0.05, 0) is 30.4 Å². The lowest BCUT2D eigenvalue weighted by atomic mass is 9.92. The van der Waals surface area contributed by atoms with Crippen LogP contribution < -0.4 is 5.32 Å². The summed E-state index contributed by atoms with van der Waals surface area (Å²) in [6.07, 6.45) is 2.84. The van der Waals surface area contributed by atoms with Gasteiger partial charge in [0.25, 0.3) is 0 Å². The number of hydrogen-bond donors (Lipinski definition) is 1. The molecular formula is C16H26N2O3. The highest BCUT2D eigenvalue weighted by molar-refractivity contribution is 5.78. The van der Waals surface area contributed by atoms with Crippen molar-refractivity contribution in [3.8, 4) is 0 Å². The quantitative estimate of drug-likeness (QED) is 0.872. The SMILES string of the molecule is COC[C@H](NCC(=O)N1C[C@H](C)C[C@H](C)C1)c1ccco1. The van der Waals surface area contributed by atoms with Gasteiger partial charge in [-0.2, -0.15) is 0 Å². The van der Waals surface area contributed by atoms with Gasteiger partial charge in [-0.1, -0.05) is 13.8 Å². The number of hydrogen-bond acceptors (Lipinski definition) is 4. The Bertz CT molecular complexity index is 423. The van der Waals surface area contributed by atoms with Gasteiger partial charge in [-0.3, -0.25) is 10.1 Å². The Kier molecular flexibility index (Phi) is 5.82. The standard InChI is InChI=1S/C16H26N2O3/c1-12-7-13(2)10-18(9-12)16(19)8-17-14(11-20-3)15-5-4-6-21-15/h4-6,12-14,17H,7-11H2,1-3H3/t12-,13+,14-/m0/s1. The van der Waals surface area contributed by atoms with Gasteiger partial charge >= 0.3 is 0 Å². The first-order valence-corrected chi connectivity index (χ1v) is 7.63. The van der Waals surface area contributed by atoms with Crippen molar-refractivity contribution in [2.45, 2.75) is 26.3 Å². The van der Waals surface area contributed by atoms with Crippen molar-refractivity contribution in [3.63, 3.8) is 0 Å². The first-order chi connectivity index (χ1) is 10.1. The summed E-state index contributed by atoms with van der Waals surface area (Å²) in [6.45, 7) is 6.93. The molecule has 1 aliphatic rings. The molecule has 1 fully saturated rings. The van der Waals surface area contributed by atoms with Gasteiger partial charge in [0.05, 0.1) is 25.5 Å². The molecule has 0 aromatic carbocycles. The number of methoxy groups -OCH3 is 1. The molecule has 2 heterocycles. The molecule has 118 valence electrons.